The highest BCUT2D eigenvalue weighted by Crippen LogP contribution is 2.27. The first-order valence-electron chi connectivity index (χ1n) is 6.78. The van der Waals surface area contributed by atoms with Crippen LogP contribution in [0.25, 0.3) is 0 Å². The average molecular weight is 241 g/mol. The normalized spacial score (nSPS) is 26.1. The van der Waals surface area contributed by atoms with Crippen LogP contribution in [0.15, 0.2) is 0 Å². The lowest BCUT2D eigenvalue weighted by Crippen LogP contribution is -2.55. The zero-order chi connectivity index (χ0) is 12.3. The molecule has 0 radical (unpaired) electrons. The number of hydrogen-bond acceptors (Lipinski definition) is 4. The molecule has 0 atom stereocenters. The van der Waals surface area contributed by atoms with Crippen molar-refractivity contribution < 1.29 is 4.74 Å². The van der Waals surface area contributed by atoms with Crippen LogP contribution >= 0.6 is 0 Å². The summed E-state index contributed by atoms with van der Waals surface area (Å²) in [6.45, 7) is 7.27. The van der Waals surface area contributed by atoms with Gasteiger partial charge < -0.3 is 20.3 Å². The minimum Gasteiger partial charge on any atom is -0.380 e. The Bertz CT molecular complexity index is 229. The molecular formula is C13H27N3O. The molecule has 4 heteroatoms. The van der Waals surface area contributed by atoms with Gasteiger partial charge in [-0.15, -0.1) is 0 Å². The van der Waals surface area contributed by atoms with E-state index in [1.807, 2.05) is 0 Å². The maximum atomic E-state index is 5.86. The molecule has 0 spiro atoms. The Morgan fingerprint density at radius 1 is 1.35 bits per heavy atom. The van der Waals surface area contributed by atoms with Crippen molar-refractivity contribution in [3.63, 3.8) is 0 Å². The van der Waals surface area contributed by atoms with E-state index in [2.05, 4.69) is 23.9 Å². The van der Waals surface area contributed by atoms with Crippen molar-refractivity contribution in [2.45, 2.75) is 12.8 Å². The van der Waals surface area contributed by atoms with Gasteiger partial charge in [0.25, 0.3) is 0 Å². The number of likely N-dealkylation sites (tertiary alicyclic amines) is 1. The molecule has 0 bridgehead atoms. The zero-order valence-electron chi connectivity index (χ0n) is 11.3. The van der Waals surface area contributed by atoms with Gasteiger partial charge in [-0.05, 0) is 45.9 Å². The molecule has 17 heavy (non-hydrogen) atoms. The highest BCUT2D eigenvalue weighted by molar-refractivity contribution is 4.89. The minimum atomic E-state index is 0.250. The standard InChI is InChI=1S/C13H27N3O/c1-15-5-3-12(4-6-15)7-16(2)9-13(8-14)10-17-11-13/h12H,3-11,14H2,1-2H3. The van der Waals surface area contributed by atoms with Crippen LogP contribution in [0, 0.1) is 11.3 Å². The van der Waals surface area contributed by atoms with E-state index < -0.39 is 0 Å². The highest BCUT2D eigenvalue weighted by Gasteiger charge is 2.38. The summed E-state index contributed by atoms with van der Waals surface area (Å²) in [5.74, 6) is 0.868. The molecule has 2 rings (SSSR count). The van der Waals surface area contributed by atoms with E-state index >= 15 is 0 Å². The van der Waals surface area contributed by atoms with Gasteiger partial charge in [-0.3, -0.25) is 0 Å². The maximum Gasteiger partial charge on any atom is 0.0569 e. The van der Waals surface area contributed by atoms with Gasteiger partial charge in [-0.1, -0.05) is 0 Å². The van der Waals surface area contributed by atoms with Crippen molar-refractivity contribution in [1.82, 2.24) is 9.80 Å². The van der Waals surface area contributed by atoms with Gasteiger partial charge in [0.15, 0.2) is 0 Å². The van der Waals surface area contributed by atoms with E-state index in [9.17, 15) is 0 Å². The molecule has 0 aromatic rings. The summed E-state index contributed by atoms with van der Waals surface area (Å²) in [5.41, 5.74) is 6.11. The second-order valence-corrected chi connectivity index (χ2v) is 6.14. The minimum absolute atomic E-state index is 0.250. The quantitative estimate of drug-likeness (QED) is 0.748. The number of rotatable bonds is 5. The van der Waals surface area contributed by atoms with Crippen LogP contribution in [0.1, 0.15) is 12.8 Å². The summed E-state index contributed by atoms with van der Waals surface area (Å²) < 4.78 is 5.32. The average Bonchev–Trinajstić information content (AvgIpc) is 2.27. The van der Waals surface area contributed by atoms with Gasteiger partial charge in [0.2, 0.25) is 0 Å². The summed E-state index contributed by atoms with van der Waals surface area (Å²) in [7, 11) is 4.45. The molecule has 0 aliphatic carbocycles. The summed E-state index contributed by atoms with van der Waals surface area (Å²) in [6.07, 6.45) is 2.68. The lowest BCUT2D eigenvalue weighted by atomic mass is 9.85. The largest absolute Gasteiger partial charge is 0.380 e. The molecule has 2 saturated heterocycles. The van der Waals surface area contributed by atoms with E-state index in [0.29, 0.717) is 0 Å². The first kappa shape index (κ1) is 13.3. The molecule has 2 N–H and O–H groups in total. The molecule has 0 unspecified atom stereocenters. The second kappa shape index (κ2) is 5.65. The Hall–Kier alpha value is -0.160. The predicted octanol–water partition coefficient (Wildman–Crippen LogP) is 0.235. The molecule has 100 valence electrons. The van der Waals surface area contributed by atoms with Gasteiger partial charge >= 0.3 is 0 Å². The van der Waals surface area contributed by atoms with E-state index in [-0.39, 0.29) is 5.41 Å². The van der Waals surface area contributed by atoms with Crippen molar-refractivity contribution in [3.05, 3.63) is 0 Å². The third-order valence-corrected chi connectivity index (χ3v) is 4.26. The van der Waals surface area contributed by atoms with E-state index in [4.69, 9.17) is 10.5 Å². The summed E-state index contributed by atoms with van der Waals surface area (Å²) >= 11 is 0. The van der Waals surface area contributed by atoms with Crippen LogP contribution < -0.4 is 5.73 Å². The Balaban J connectivity index is 1.71. The van der Waals surface area contributed by atoms with Crippen LogP contribution in [0.5, 0.6) is 0 Å². The van der Waals surface area contributed by atoms with Crippen molar-refractivity contribution in [1.29, 1.82) is 0 Å². The predicted molar refractivity (Wildman–Crippen MR) is 70.0 cm³/mol. The number of nitrogens with two attached hydrogens (primary N) is 1. The number of piperidine rings is 1. The van der Waals surface area contributed by atoms with E-state index in [1.54, 1.807) is 0 Å². The first-order valence-corrected chi connectivity index (χ1v) is 6.78. The topological polar surface area (TPSA) is 41.7 Å². The summed E-state index contributed by atoms with van der Waals surface area (Å²) in [4.78, 5) is 4.89. The van der Waals surface area contributed by atoms with E-state index in [1.165, 1.54) is 32.5 Å². The highest BCUT2D eigenvalue weighted by atomic mass is 16.5. The number of nitrogens with zero attached hydrogens (tertiary/aromatic N) is 2. The summed E-state index contributed by atoms with van der Waals surface area (Å²) in [5, 5.41) is 0. The van der Waals surface area contributed by atoms with Crippen molar-refractivity contribution in [2.75, 3.05) is 60.0 Å². The van der Waals surface area contributed by atoms with Crippen LogP contribution in [-0.2, 0) is 4.74 Å². The fraction of sp³-hybridized carbons (Fsp3) is 1.00. The number of hydrogen-bond donors (Lipinski definition) is 1. The molecule has 2 aliphatic heterocycles. The SMILES string of the molecule is CN1CCC(CN(C)CC2(CN)COC2)CC1. The molecule has 0 aromatic carbocycles. The molecular weight excluding hydrogens is 214 g/mol. The Morgan fingerprint density at radius 2 is 2.00 bits per heavy atom. The van der Waals surface area contributed by atoms with Crippen molar-refractivity contribution in [2.24, 2.45) is 17.1 Å². The molecule has 2 aliphatic rings. The van der Waals surface area contributed by atoms with Gasteiger partial charge in [0.1, 0.15) is 0 Å². The smallest absolute Gasteiger partial charge is 0.0569 e. The Morgan fingerprint density at radius 3 is 2.47 bits per heavy atom. The monoisotopic (exact) mass is 241 g/mol. The van der Waals surface area contributed by atoms with Crippen molar-refractivity contribution in [3.8, 4) is 0 Å². The molecule has 0 amide bonds. The third-order valence-electron chi connectivity index (χ3n) is 4.26. The lowest BCUT2D eigenvalue weighted by Gasteiger charge is -2.44. The van der Waals surface area contributed by atoms with Gasteiger partial charge in [-0.2, -0.15) is 0 Å². The lowest BCUT2D eigenvalue weighted by molar-refractivity contribution is -0.119. The Labute approximate surface area is 105 Å². The Kier molecular flexibility index (Phi) is 4.42. The van der Waals surface area contributed by atoms with Gasteiger partial charge in [0.05, 0.1) is 13.2 Å². The van der Waals surface area contributed by atoms with Gasteiger partial charge in [0, 0.05) is 25.0 Å². The molecule has 0 aromatic heterocycles. The third kappa shape index (κ3) is 3.41. The van der Waals surface area contributed by atoms with Crippen molar-refractivity contribution >= 4 is 0 Å². The molecule has 2 fully saturated rings. The van der Waals surface area contributed by atoms with Crippen LogP contribution in [0.3, 0.4) is 0 Å². The number of ether oxygens (including phenoxy) is 1. The molecule has 4 nitrogen and oxygen atoms in total. The zero-order valence-corrected chi connectivity index (χ0v) is 11.3. The fourth-order valence-electron chi connectivity index (χ4n) is 2.99. The first-order chi connectivity index (χ1) is 8.13. The fourth-order valence-corrected chi connectivity index (χ4v) is 2.99. The summed E-state index contributed by atoms with van der Waals surface area (Å²) in [6, 6.07) is 0. The molecule has 2 heterocycles. The van der Waals surface area contributed by atoms with Crippen LogP contribution in [-0.4, -0.2) is 69.8 Å². The van der Waals surface area contributed by atoms with Gasteiger partial charge in [-0.25, -0.2) is 0 Å². The van der Waals surface area contributed by atoms with E-state index in [0.717, 1.165) is 32.2 Å². The second-order valence-electron chi connectivity index (χ2n) is 6.14. The van der Waals surface area contributed by atoms with Crippen LogP contribution in [0.4, 0.5) is 0 Å². The maximum absolute atomic E-state index is 5.86. The van der Waals surface area contributed by atoms with Crippen LogP contribution in [0.2, 0.25) is 0 Å². The molecule has 0 saturated carbocycles.